The van der Waals surface area contributed by atoms with Crippen LogP contribution in [0.25, 0.3) is 0 Å². The Hall–Kier alpha value is -1.29. The van der Waals surface area contributed by atoms with Crippen molar-refractivity contribution in [3.8, 4) is 0 Å². The zero-order valence-electron chi connectivity index (χ0n) is 11.8. The number of ether oxygens (including phenoxy) is 2. The molecule has 4 nitrogen and oxygen atoms in total. The van der Waals surface area contributed by atoms with E-state index in [2.05, 4.69) is 4.74 Å². The summed E-state index contributed by atoms with van der Waals surface area (Å²) in [6, 6.07) is 0. The zero-order valence-corrected chi connectivity index (χ0v) is 11.8. The Labute approximate surface area is 122 Å². The molecule has 0 spiro atoms. The molecule has 1 atom stereocenters. The van der Waals surface area contributed by atoms with Gasteiger partial charge in [0.15, 0.2) is 0 Å². The minimum Gasteiger partial charge on any atom is -0.478 e. The lowest BCUT2D eigenvalue weighted by Crippen LogP contribution is -2.49. The van der Waals surface area contributed by atoms with Gasteiger partial charge in [-0.15, -0.1) is 0 Å². The summed E-state index contributed by atoms with van der Waals surface area (Å²) in [5.41, 5.74) is -0.00322. The molecule has 0 radical (unpaired) electrons. The number of halogens is 6. The molecule has 0 aromatic heterocycles. The molecule has 0 fully saturated rings. The Morgan fingerprint density at radius 3 is 2.23 bits per heavy atom. The third kappa shape index (κ3) is 6.22. The predicted octanol–water partition coefficient (Wildman–Crippen LogP) is 2.97. The maximum absolute atomic E-state index is 12.8. The molecule has 10 heteroatoms. The Kier molecular flexibility index (Phi) is 7.88. The Balaban J connectivity index is 4.14. The largest absolute Gasteiger partial charge is 0.478 e. The number of hydrogen-bond donors (Lipinski definition) is 1. The molecule has 1 N–H and O–H groups in total. The summed E-state index contributed by atoms with van der Waals surface area (Å²) in [6.07, 6.45) is -3.95. The first kappa shape index (κ1) is 20.7. The first-order valence-electron chi connectivity index (χ1n) is 6.06. The van der Waals surface area contributed by atoms with Crippen molar-refractivity contribution < 1.29 is 45.7 Å². The zero-order chi connectivity index (χ0) is 17.6. The Bertz CT molecular complexity index is 397. The van der Waals surface area contributed by atoms with Crippen molar-refractivity contribution in [1.29, 1.82) is 0 Å². The maximum atomic E-state index is 12.8. The van der Waals surface area contributed by atoms with Gasteiger partial charge in [-0.05, 0) is 19.9 Å². The minimum absolute atomic E-state index is 0.00322. The fraction of sp³-hybridized carbons (Fsp3) is 0.750. The highest BCUT2D eigenvalue weighted by atomic mass is 19.3. The second-order valence-electron chi connectivity index (χ2n) is 4.41. The molecule has 130 valence electrons. The Morgan fingerprint density at radius 1 is 1.23 bits per heavy atom. The van der Waals surface area contributed by atoms with Crippen LogP contribution in [-0.4, -0.2) is 55.3 Å². The summed E-state index contributed by atoms with van der Waals surface area (Å²) >= 11 is 0. The van der Waals surface area contributed by atoms with E-state index in [9.17, 15) is 31.1 Å². The highest BCUT2D eigenvalue weighted by molar-refractivity contribution is 5.85. The number of aliphatic carboxylic acids is 1. The molecule has 0 heterocycles. The summed E-state index contributed by atoms with van der Waals surface area (Å²) < 4.78 is 83.5. The van der Waals surface area contributed by atoms with Crippen molar-refractivity contribution in [2.24, 2.45) is 0 Å². The van der Waals surface area contributed by atoms with Crippen molar-refractivity contribution in [1.82, 2.24) is 0 Å². The molecule has 0 amide bonds. The lowest BCUT2D eigenvalue weighted by molar-refractivity contribution is -0.279. The van der Waals surface area contributed by atoms with Crippen LogP contribution in [0.5, 0.6) is 0 Å². The highest BCUT2D eigenvalue weighted by Crippen LogP contribution is 2.39. The van der Waals surface area contributed by atoms with Crippen LogP contribution in [0, 0.1) is 0 Å². The van der Waals surface area contributed by atoms with Crippen LogP contribution in [-0.2, 0) is 14.3 Å². The highest BCUT2D eigenvalue weighted by Gasteiger charge is 2.62. The molecular formula is C12H16F6O4. The molecule has 22 heavy (non-hydrogen) atoms. The van der Waals surface area contributed by atoms with E-state index in [0.717, 1.165) is 0 Å². The van der Waals surface area contributed by atoms with Crippen LogP contribution in [0.3, 0.4) is 0 Å². The van der Waals surface area contributed by atoms with Gasteiger partial charge in [0.05, 0.1) is 19.3 Å². The third-order valence-corrected chi connectivity index (χ3v) is 2.48. The molecule has 1 unspecified atom stereocenters. The van der Waals surface area contributed by atoms with Crippen LogP contribution in [0.1, 0.15) is 13.8 Å². The second-order valence-corrected chi connectivity index (χ2v) is 4.41. The van der Waals surface area contributed by atoms with Crippen LogP contribution < -0.4 is 0 Å². The van der Waals surface area contributed by atoms with E-state index < -0.39 is 43.6 Å². The van der Waals surface area contributed by atoms with Gasteiger partial charge < -0.3 is 14.6 Å². The van der Waals surface area contributed by atoms with Crippen molar-refractivity contribution >= 4 is 5.97 Å². The normalized spacial score (nSPS) is 15.2. The predicted molar refractivity (Wildman–Crippen MR) is 63.5 cm³/mol. The number of carboxylic acid groups (broad SMARTS) is 1. The van der Waals surface area contributed by atoms with Crippen LogP contribution >= 0.6 is 0 Å². The minimum atomic E-state index is -5.48. The topological polar surface area (TPSA) is 55.8 Å². The standard InChI is InChI=1S/C12H16F6O4/c1-7(9(19)20)5-8(2)22-4-3-21-6-11(15,16)12(17,18)10(13)14/h5,8,10H,3-4,6H2,1-2H3,(H,19,20). The summed E-state index contributed by atoms with van der Waals surface area (Å²) in [5.74, 6) is -11.7. The molecule has 0 aliphatic carbocycles. The van der Waals surface area contributed by atoms with E-state index in [1.54, 1.807) is 0 Å². The lowest BCUT2D eigenvalue weighted by Gasteiger charge is -2.25. The fourth-order valence-corrected chi connectivity index (χ4v) is 1.22. The van der Waals surface area contributed by atoms with Gasteiger partial charge in [-0.1, -0.05) is 0 Å². The number of carboxylic acids is 1. The van der Waals surface area contributed by atoms with Gasteiger partial charge in [-0.25, -0.2) is 13.6 Å². The fourth-order valence-electron chi connectivity index (χ4n) is 1.22. The summed E-state index contributed by atoms with van der Waals surface area (Å²) in [6.45, 7) is 0.0455. The quantitative estimate of drug-likeness (QED) is 0.378. The summed E-state index contributed by atoms with van der Waals surface area (Å²) in [5, 5.41) is 8.59. The molecule has 0 aromatic rings. The molecule has 0 bridgehead atoms. The molecule has 0 saturated heterocycles. The number of alkyl halides is 6. The monoisotopic (exact) mass is 338 g/mol. The average molecular weight is 338 g/mol. The second kappa shape index (κ2) is 8.37. The molecule has 0 saturated carbocycles. The molecule has 0 aliphatic heterocycles. The summed E-state index contributed by atoms with van der Waals surface area (Å²) in [4.78, 5) is 10.5. The van der Waals surface area contributed by atoms with Crippen molar-refractivity contribution in [3.63, 3.8) is 0 Å². The van der Waals surface area contributed by atoms with E-state index in [1.807, 2.05) is 0 Å². The van der Waals surface area contributed by atoms with E-state index in [4.69, 9.17) is 9.84 Å². The van der Waals surface area contributed by atoms with Gasteiger partial charge in [0, 0.05) is 5.57 Å². The van der Waals surface area contributed by atoms with Crippen LogP contribution in [0.4, 0.5) is 26.3 Å². The van der Waals surface area contributed by atoms with Crippen molar-refractivity contribution in [2.45, 2.75) is 38.2 Å². The van der Waals surface area contributed by atoms with Gasteiger partial charge in [0.25, 0.3) is 0 Å². The van der Waals surface area contributed by atoms with Gasteiger partial charge in [0.2, 0.25) is 0 Å². The third-order valence-electron chi connectivity index (χ3n) is 2.48. The van der Waals surface area contributed by atoms with E-state index in [0.29, 0.717) is 0 Å². The smallest absolute Gasteiger partial charge is 0.371 e. The van der Waals surface area contributed by atoms with Gasteiger partial charge >= 0.3 is 24.2 Å². The van der Waals surface area contributed by atoms with Gasteiger partial charge in [0.1, 0.15) is 6.61 Å². The van der Waals surface area contributed by atoms with Crippen LogP contribution in [0.2, 0.25) is 0 Å². The van der Waals surface area contributed by atoms with E-state index in [1.165, 1.54) is 19.9 Å². The molecule has 0 rings (SSSR count). The number of hydrogen-bond acceptors (Lipinski definition) is 3. The van der Waals surface area contributed by atoms with Crippen molar-refractivity contribution in [3.05, 3.63) is 11.6 Å². The van der Waals surface area contributed by atoms with Crippen molar-refractivity contribution in [2.75, 3.05) is 19.8 Å². The average Bonchev–Trinajstić information content (AvgIpc) is 2.37. The lowest BCUT2D eigenvalue weighted by atomic mass is 10.2. The van der Waals surface area contributed by atoms with Gasteiger partial charge in [-0.2, -0.15) is 17.6 Å². The first-order chi connectivity index (χ1) is 9.91. The van der Waals surface area contributed by atoms with Gasteiger partial charge in [-0.3, -0.25) is 0 Å². The Morgan fingerprint density at radius 2 is 1.77 bits per heavy atom. The molecular weight excluding hydrogens is 322 g/mol. The first-order valence-corrected chi connectivity index (χ1v) is 6.06. The number of rotatable bonds is 10. The SMILES string of the molecule is CC(=CC(C)OCCOCC(F)(F)C(F)(F)C(F)F)C(=O)O. The number of carbonyl (C=O) groups is 1. The summed E-state index contributed by atoms with van der Waals surface area (Å²) in [7, 11) is 0. The van der Waals surface area contributed by atoms with E-state index in [-0.39, 0.29) is 12.2 Å². The van der Waals surface area contributed by atoms with Crippen LogP contribution in [0.15, 0.2) is 11.6 Å². The van der Waals surface area contributed by atoms with E-state index >= 15 is 0 Å². The maximum Gasteiger partial charge on any atom is 0.371 e. The molecule has 0 aliphatic rings. The molecule has 0 aromatic carbocycles.